The first kappa shape index (κ1) is 13.8. The predicted molar refractivity (Wildman–Crippen MR) is 82.6 cm³/mol. The van der Waals surface area contributed by atoms with E-state index in [0.717, 1.165) is 22.1 Å². The van der Waals surface area contributed by atoms with Gasteiger partial charge >= 0.3 is 0 Å². The Morgan fingerprint density at radius 2 is 1.84 bits per heavy atom. The standard InChI is InChI=1S/C16H19NOS/c1-12(2)18-15-8-14(17)9-16(10-15)19-11-13-6-4-3-5-7-13/h3-10,12H,11,17H2,1-2H3. The van der Waals surface area contributed by atoms with Gasteiger partial charge in [-0.05, 0) is 31.5 Å². The van der Waals surface area contributed by atoms with Crippen molar-refractivity contribution < 1.29 is 4.74 Å². The van der Waals surface area contributed by atoms with Gasteiger partial charge in [-0.3, -0.25) is 0 Å². The van der Waals surface area contributed by atoms with Crippen molar-refractivity contribution in [2.24, 2.45) is 0 Å². The molecule has 0 aliphatic heterocycles. The maximum atomic E-state index is 5.91. The number of hydrogen-bond acceptors (Lipinski definition) is 3. The van der Waals surface area contributed by atoms with E-state index in [9.17, 15) is 0 Å². The van der Waals surface area contributed by atoms with Gasteiger partial charge in [0.05, 0.1) is 6.10 Å². The smallest absolute Gasteiger partial charge is 0.122 e. The number of ether oxygens (including phenoxy) is 1. The van der Waals surface area contributed by atoms with E-state index in [1.54, 1.807) is 11.8 Å². The fourth-order valence-electron chi connectivity index (χ4n) is 1.76. The first-order valence-electron chi connectivity index (χ1n) is 6.37. The molecule has 0 bridgehead atoms. The molecule has 2 N–H and O–H groups in total. The first-order chi connectivity index (χ1) is 9.13. The van der Waals surface area contributed by atoms with E-state index in [0.29, 0.717) is 0 Å². The number of thioether (sulfide) groups is 1. The minimum absolute atomic E-state index is 0.161. The summed E-state index contributed by atoms with van der Waals surface area (Å²) in [6.45, 7) is 4.03. The number of benzene rings is 2. The first-order valence-corrected chi connectivity index (χ1v) is 7.36. The van der Waals surface area contributed by atoms with Crippen LogP contribution >= 0.6 is 11.8 Å². The van der Waals surface area contributed by atoms with Gasteiger partial charge in [-0.2, -0.15) is 0 Å². The largest absolute Gasteiger partial charge is 0.491 e. The van der Waals surface area contributed by atoms with Gasteiger partial charge in [-0.1, -0.05) is 30.3 Å². The summed E-state index contributed by atoms with van der Waals surface area (Å²) in [5, 5.41) is 0. The third-order valence-electron chi connectivity index (χ3n) is 2.52. The molecule has 3 heteroatoms. The highest BCUT2D eigenvalue weighted by Crippen LogP contribution is 2.29. The molecule has 0 atom stereocenters. The van der Waals surface area contributed by atoms with Crippen molar-refractivity contribution in [1.82, 2.24) is 0 Å². The average Bonchev–Trinajstić information content (AvgIpc) is 2.36. The Hall–Kier alpha value is -1.61. The molecule has 0 aliphatic rings. The van der Waals surface area contributed by atoms with E-state index in [1.807, 2.05) is 38.1 Å². The SMILES string of the molecule is CC(C)Oc1cc(N)cc(SCc2ccccc2)c1. The van der Waals surface area contributed by atoms with Crippen LogP contribution in [0.15, 0.2) is 53.4 Å². The van der Waals surface area contributed by atoms with Crippen molar-refractivity contribution >= 4 is 17.4 Å². The van der Waals surface area contributed by atoms with Crippen LogP contribution in [0.25, 0.3) is 0 Å². The van der Waals surface area contributed by atoms with E-state index in [1.165, 1.54) is 5.56 Å². The minimum atomic E-state index is 0.161. The van der Waals surface area contributed by atoms with Gasteiger partial charge in [0.15, 0.2) is 0 Å². The maximum Gasteiger partial charge on any atom is 0.122 e. The maximum absolute atomic E-state index is 5.91. The Labute approximate surface area is 119 Å². The lowest BCUT2D eigenvalue weighted by Crippen LogP contribution is -2.05. The summed E-state index contributed by atoms with van der Waals surface area (Å²) in [5.41, 5.74) is 7.96. The normalized spacial score (nSPS) is 10.7. The zero-order valence-corrected chi connectivity index (χ0v) is 12.1. The molecule has 100 valence electrons. The Morgan fingerprint density at radius 3 is 2.53 bits per heavy atom. The monoisotopic (exact) mass is 273 g/mol. The van der Waals surface area contributed by atoms with E-state index < -0.39 is 0 Å². The fraction of sp³-hybridized carbons (Fsp3) is 0.250. The molecule has 0 aromatic heterocycles. The van der Waals surface area contributed by atoms with Gasteiger partial charge in [0.2, 0.25) is 0 Å². The van der Waals surface area contributed by atoms with Crippen LogP contribution in [0.1, 0.15) is 19.4 Å². The van der Waals surface area contributed by atoms with Gasteiger partial charge in [-0.15, -0.1) is 11.8 Å². The highest BCUT2D eigenvalue weighted by atomic mass is 32.2. The second-order valence-electron chi connectivity index (χ2n) is 4.68. The summed E-state index contributed by atoms with van der Waals surface area (Å²) in [6, 6.07) is 16.3. The molecule has 0 aliphatic carbocycles. The van der Waals surface area contributed by atoms with E-state index in [2.05, 4.69) is 24.3 Å². The Kier molecular flexibility index (Phi) is 4.74. The molecule has 2 aromatic rings. The molecular weight excluding hydrogens is 254 g/mol. The van der Waals surface area contributed by atoms with Crippen molar-refractivity contribution in [3.63, 3.8) is 0 Å². The topological polar surface area (TPSA) is 35.2 Å². The van der Waals surface area contributed by atoms with Gasteiger partial charge in [0.1, 0.15) is 5.75 Å². The van der Waals surface area contributed by atoms with Crippen LogP contribution in [0.2, 0.25) is 0 Å². The molecule has 0 amide bonds. The van der Waals surface area contributed by atoms with Crippen LogP contribution in [-0.4, -0.2) is 6.10 Å². The van der Waals surface area contributed by atoms with E-state index >= 15 is 0 Å². The molecular formula is C16H19NOS. The lowest BCUT2D eigenvalue weighted by Gasteiger charge is -2.12. The van der Waals surface area contributed by atoms with Crippen LogP contribution in [-0.2, 0) is 5.75 Å². The van der Waals surface area contributed by atoms with Crippen LogP contribution in [0.5, 0.6) is 5.75 Å². The van der Waals surface area contributed by atoms with Crippen molar-refractivity contribution in [1.29, 1.82) is 0 Å². The number of anilines is 1. The highest BCUT2D eigenvalue weighted by Gasteiger charge is 2.03. The molecule has 19 heavy (non-hydrogen) atoms. The quantitative estimate of drug-likeness (QED) is 0.650. The minimum Gasteiger partial charge on any atom is -0.491 e. The van der Waals surface area contributed by atoms with Crippen molar-refractivity contribution in [2.75, 3.05) is 5.73 Å². The van der Waals surface area contributed by atoms with Crippen molar-refractivity contribution in [3.05, 3.63) is 54.1 Å². The molecule has 0 saturated heterocycles. The molecule has 0 heterocycles. The van der Waals surface area contributed by atoms with Crippen LogP contribution in [0.3, 0.4) is 0 Å². The van der Waals surface area contributed by atoms with Gasteiger partial charge in [0, 0.05) is 22.4 Å². The van der Waals surface area contributed by atoms with Gasteiger partial charge in [0.25, 0.3) is 0 Å². The zero-order chi connectivity index (χ0) is 13.7. The summed E-state index contributed by atoms with van der Waals surface area (Å²) < 4.78 is 5.69. The zero-order valence-electron chi connectivity index (χ0n) is 11.3. The number of rotatable bonds is 5. The van der Waals surface area contributed by atoms with E-state index in [-0.39, 0.29) is 6.10 Å². The Balaban J connectivity index is 2.05. The Morgan fingerprint density at radius 1 is 1.11 bits per heavy atom. The van der Waals surface area contributed by atoms with Crippen LogP contribution < -0.4 is 10.5 Å². The fourth-order valence-corrected chi connectivity index (χ4v) is 2.70. The molecule has 0 radical (unpaired) electrons. The number of nitrogen functional groups attached to an aromatic ring is 1. The third-order valence-corrected chi connectivity index (χ3v) is 3.57. The lowest BCUT2D eigenvalue weighted by molar-refractivity contribution is 0.242. The van der Waals surface area contributed by atoms with Crippen LogP contribution in [0, 0.1) is 0 Å². The predicted octanol–water partition coefficient (Wildman–Crippen LogP) is 4.35. The second kappa shape index (κ2) is 6.53. The van der Waals surface area contributed by atoms with Crippen molar-refractivity contribution in [3.8, 4) is 5.75 Å². The summed E-state index contributed by atoms with van der Waals surface area (Å²) >= 11 is 1.77. The summed E-state index contributed by atoms with van der Waals surface area (Å²) in [7, 11) is 0. The molecule has 0 fully saturated rings. The highest BCUT2D eigenvalue weighted by molar-refractivity contribution is 7.98. The lowest BCUT2D eigenvalue weighted by atomic mass is 10.2. The summed E-state index contributed by atoms with van der Waals surface area (Å²) in [6.07, 6.45) is 0.161. The van der Waals surface area contributed by atoms with Gasteiger partial charge < -0.3 is 10.5 Å². The molecule has 0 unspecified atom stereocenters. The molecule has 2 aromatic carbocycles. The number of hydrogen-bond donors (Lipinski definition) is 1. The van der Waals surface area contributed by atoms with Crippen LogP contribution in [0.4, 0.5) is 5.69 Å². The molecule has 0 spiro atoms. The summed E-state index contributed by atoms with van der Waals surface area (Å²) in [4.78, 5) is 1.14. The van der Waals surface area contributed by atoms with Crippen molar-refractivity contribution in [2.45, 2.75) is 30.6 Å². The number of nitrogens with two attached hydrogens (primary N) is 1. The average molecular weight is 273 g/mol. The van der Waals surface area contributed by atoms with Gasteiger partial charge in [-0.25, -0.2) is 0 Å². The second-order valence-corrected chi connectivity index (χ2v) is 5.73. The Bertz CT molecular complexity index is 526. The van der Waals surface area contributed by atoms with E-state index in [4.69, 9.17) is 10.5 Å². The third kappa shape index (κ3) is 4.52. The molecule has 2 nitrogen and oxygen atoms in total. The summed E-state index contributed by atoms with van der Waals surface area (Å²) in [5.74, 6) is 1.77. The molecule has 0 saturated carbocycles. The molecule has 2 rings (SSSR count).